The van der Waals surface area contributed by atoms with E-state index < -0.39 is 0 Å². The SMILES string of the molecule is Cc1nnn2cccc(C3CN(C)CCN3N)c12. The monoisotopic (exact) mass is 246 g/mol. The van der Waals surface area contributed by atoms with Crippen LogP contribution in [0.1, 0.15) is 17.3 Å². The van der Waals surface area contributed by atoms with Crippen molar-refractivity contribution in [3.8, 4) is 0 Å². The molecule has 0 bridgehead atoms. The van der Waals surface area contributed by atoms with E-state index in [4.69, 9.17) is 5.84 Å². The summed E-state index contributed by atoms with van der Waals surface area (Å²) < 4.78 is 1.83. The van der Waals surface area contributed by atoms with Crippen LogP contribution in [0, 0.1) is 6.92 Å². The number of likely N-dealkylation sites (N-methyl/N-ethyl adjacent to an activating group) is 1. The van der Waals surface area contributed by atoms with Crippen LogP contribution in [-0.4, -0.2) is 51.4 Å². The lowest BCUT2D eigenvalue weighted by molar-refractivity contribution is 0.0911. The molecule has 3 rings (SSSR count). The van der Waals surface area contributed by atoms with E-state index in [1.165, 1.54) is 5.56 Å². The number of rotatable bonds is 1. The zero-order valence-corrected chi connectivity index (χ0v) is 10.7. The molecule has 0 aliphatic carbocycles. The van der Waals surface area contributed by atoms with Gasteiger partial charge in [0.15, 0.2) is 0 Å². The molecule has 1 aliphatic heterocycles. The van der Waals surface area contributed by atoms with Crippen molar-refractivity contribution >= 4 is 5.52 Å². The van der Waals surface area contributed by atoms with Crippen molar-refractivity contribution in [3.63, 3.8) is 0 Å². The first kappa shape index (κ1) is 11.6. The van der Waals surface area contributed by atoms with Crippen LogP contribution in [0.25, 0.3) is 5.52 Å². The molecule has 0 radical (unpaired) electrons. The molecule has 3 heterocycles. The number of aryl methyl sites for hydroxylation is 1. The van der Waals surface area contributed by atoms with Gasteiger partial charge >= 0.3 is 0 Å². The summed E-state index contributed by atoms with van der Waals surface area (Å²) in [5, 5.41) is 10.2. The Morgan fingerprint density at radius 2 is 2.22 bits per heavy atom. The minimum atomic E-state index is 0.199. The first-order valence-electron chi connectivity index (χ1n) is 6.17. The van der Waals surface area contributed by atoms with Crippen LogP contribution in [0.15, 0.2) is 18.3 Å². The van der Waals surface area contributed by atoms with Gasteiger partial charge in [-0.2, -0.15) is 0 Å². The standard InChI is InChI=1S/C12H18N6/c1-9-12-10(4-3-5-18(12)15-14-9)11-8-16(2)6-7-17(11)13/h3-5,11H,6-8,13H2,1-2H3. The molecule has 2 aromatic rings. The summed E-state index contributed by atoms with van der Waals surface area (Å²) in [5.74, 6) is 6.14. The highest BCUT2D eigenvalue weighted by molar-refractivity contribution is 5.58. The van der Waals surface area contributed by atoms with Gasteiger partial charge in [-0.05, 0) is 25.6 Å². The van der Waals surface area contributed by atoms with Gasteiger partial charge in [0.25, 0.3) is 0 Å². The van der Waals surface area contributed by atoms with Crippen LogP contribution >= 0.6 is 0 Å². The molecule has 0 spiro atoms. The van der Waals surface area contributed by atoms with Crippen LogP contribution in [0.3, 0.4) is 0 Å². The van der Waals surface area contributed by atoms with Gasteiger partial charge in [0, 0.05) is 25.8 Å². The summed E-state index contributed by atoms with van der Waals surface area (Å²) in [6, 6.07) is 4.32. The van der Waals surface area contributed by atoms with Gasteiger partial charge in [0.05, 0.1) is 17.3 Å². The van der Waals surface area contributed by atoms with Crippen molar-refractivity contribution in [3.05, 3.63) is 29.6 Å². The fraction of sp³-hybridized carbons (Fsp3) is 0.500. The predicted octanol–water partition coefficient (Wildman–Crippen LogP) is 0.200. The third-order valence-corrected chi connectivity index (χ3v) is 3.62. The Bertz CT molecular complexity index is 563. The van der Waals surface area contributed by atoms with E-state index in [9.17, 15) is 0 Å². The molecule has 1 fully saturated rings. The second kappa shape index (κ2) is 4.31. The van der Waals surface area contributed by atoms with Crippen molar-refractivity contribution in [2.75, 3.05) is 26.7 Å². The predicted molar refractivity (Wildman–Crippen MR) is 68.9 cm³/mol. The maximum absolute atomic E-state index is 6.14. The Morgan fingerprint density at radius 1 is 1.39 bits per heavy atom. The zero-order valence-electron chi connectivity index (χ0n) is 10.7. The van der Waals surface area contributed by atoms with Gasteiger partial charge in [0.2, 0.25) is 0 Å². The van der Waals surface area contributed by atoms with Crippen molar-refractivity contribution in [2.45, 2.75) is 13.0 Å². The van der Waals surface area contributed by atoms with E-state index in [0.717, 1.165) is 30.8 Å². The molecule has 1 aliphatic rings. The molecule has 2 N–H and O–H groups in total. The molecule has 0 amide bonds. The molecule has 18 heavy (non-hydrogen) atoms. The van der Waals surface area contributed by atoms with Gasteiger partial charge in [-0.3, -0.25) is 5.84 Å². The number of hydrazine groups is 1. The summed E-state index contributed by atoms with van der Waals surface area (Å²) in [6.07, 6.45) is 1.92. The average Bonchev–Trinajstić information content (AvgIpc) is 2.75. The number of nitrogens with two attached hydrogens (primary N) is 1. The number of aromatic nitrogens is 3. The number of hydrogen-bond donors (Lipinski definition) is 1. The fourth-order valence-electron chi connectivity index (χ4n) is 2.61. The Morgan fingerprint density at radius 3 is 3.06 bits per heavy atom. The third-order valence-electron chi connectivity index (χ3n) is 3.62. The molecule has 1 saturated heterocycles. The molecular formula is C12H18N6. The van der Waals surface area contributed by atoms with Crippen LogP contribution in [-0.2, 0) is 0 Å². The molecule has 2 aromatic heterocycles. The van der Waals surface area contributed by atoms with Gasteiger partial charge < -0.3 is 4.90 Å². The summed E-state index contributed by atoms with van der Waals surface area (Å²) >= 11 is 0. The van der Waals surface area contributed by atoms with E-state index in [1.54, 1.807) is 0 Å². The average molecular weight is 246 g/mol. The van der Waals surface area contributed by atoms with Gasteiger partial charge in [-0.1, -0.05) is 11.3 Å². The van der Waals surface area contributed by atoms with Crippen LogP contribution < -0.4 is 5.84 Å². The second-order valence-corrected chi connectivity index (χ2v) is 4.95. The van der Waals surface area contributed by atoms with Crippen LogP contribution in [0.2, 0.25) is 0 Å². The Labute approximate surface area is 106 Å². The molecule has 96 valence electrons. The zero-order chi connectivity index (χ0) is 12.7. The van der Waals surface area contributed by atoms with Crippen molar-refractivity contribution in [1.29, 1.82) is 0 Å². The smallest absolute Gasteiger partial charge is 0.0943 e. The number of piperazine rings is 1. The summed E-state index contributed by atoms with van der Waals surface area (Å²) in [7, 11) is 2.13. The number of nitrogens with zero attached hydrogens (tertiary/aromatic N) is 5. The van der Waals surface area contributed by atoms with E-state index in [2.05, 4.69) is 28.3 Å². The first-order chi connectivity index (χ1) is 8.66. The van der Waals surface area contributed by atoms with Crippen LogP contribution in [0.4, 0.5) is 0 Å². The van der Waals surface area contributed by atoms with Crippen molar-refractivity contribution < 1.29 is 0 Å². The van der Waals surface area contributed by atoms with Gasteiger partial charge in [-0.15, -0.1) is 5.10 Å². The van der Waals surface area contributed by atoms with E-state index in [0.29, 0.717) is 0 Å². The Hall–Kier alpha value is -1.50. The number of hydrogen-bond acceptors (Lipinski definition) is 5. The largest absolute Gasteiger partial charge is 0.303 e. The maximum Gasteiger partial charge on any atom is 0.0943 e. The molecule has 6 heteroatoms. The van der Waals surface area contributed by atoms with Crippen molar-refractivity contribution in [1.82, 2.24) is 24.7 Å². The maximum atomic E-state index is 6.14. The second-order valence-electron chi connectivity index (χ2n) is 4.95. The highest BCUT2D eigenvalue weighted by Gasteiger charge is 2.26. The highest BCUT2D eigenvalue weighted by Crippen LogP contribution is 2.26. The van der Waals surface area contributed by atoms with E-state index >= 15 is 0 Å². The Balaban J connectivity index is 2.10. The summed E-state index contributed by atoms with van der Waals surface area (Å²) in [4.78, 5) is 2.30. The summed E-state index contributed by atoms with van der Waals surface area (Å²) in [5.41, 5.74) is 3.23. The highest BCUT2D eigenvalue weighted by atomic mass is 15.5. The molecule has 1 atom stereocenters. The van der Waals surface area contributed by atoms with Gasteiger partial charge in [-0.25, -0.2) is 9.52 Å². The summed E-state index contributed by atoms with van der Waals surface area (Å²) in [6.45, 7) is 4.80. The number of pyridine rings is 1. The van der Waals surface area contributed by atoms with E-state index in [1.807, 2.05) is 28.7 Å². The minimum absolute atomic E-state index is 0.199. The molecular weight excluding hydrogens is 228 g/mol. The fourth-order valence-corrected chi connectivity index (χ4v) is 2.61. The van der Waals surface area contributed by atoms with Gasteiger partial charge in [0.1, 0.15) is 0 Å². The lowest BCUT2D eigenvalue weighted by atomic mass is 10.0. The topological polar surface area (TPSA) is 62.7 Å². The minimum Gasteiger partial charge on any atom is -0.303 e. The lowest BCUT2D eigenvalue weighted by Crippen LogP contribution is -2.50. The first-order valence-corrected chi connectivity index (χ1v) is 6.17. The molecule has 0 aromatic carbocycles. The molecule has 6 nitrogen and oxygen atoms in total. The molecule has 1 unspecified atom stereocenters. The van der Waals surface area contributed by atoms with Crippen molar-refractivity contribution in [2.24, 2.45) is 5.84 Å². The van der Waals surface area contributed by atoms with Crippen LogP contribution in [0.5, 0.6) is 0 Å². The quantitative estimate of drug-likeness (QED) is 0.728. The normalized spacial score (nSPS) is 22.7. The molecule has 0 saturated carbocycles. The third kappa shape index (κ3) is 1.78. The lowest BCUT2D eigenvalue weighted by Gasteiger charge is -2.37. The number of fused-ring (bicyclic) bond motifs is 1. The van der Waals surface area contributed by atoms with E-state index in [-0.39, 0.29) is 6.04 Å². The Kier molecular flexibility index (Phi) is 2.77.